The van der Waals surface area contributed by atoms with Gasteiger partial charge in [-0.1, -0.05) is 19.3 Å². The van der Waals surface area contributed by atoms with E-state index in [1.807, 2.05) is 0 Å². The Labute approximate surface area is 190 Å². The third kappa shape index (κ3) is 5.16. The molecule has 2 aliphatic rings. The summed E-state index contributed by atoms with van der Waals surface area (Å²) >= 11 is 0. The minimum atomic E-state index is -3.54. The second-order valence-electron chi connectivity index (χ2n) is 7.78. The van der Waals surface area contributed by atoms with Gasteiger partial charge >= 0.3 is 0 Å². The Hall–Kier alpha value is -3.41. The predicted molar refractivity (Wildman–Crippen MR) is 123 cm³/mol. The van der Waals surface area contributed by atoms with Crippen LogP contribution < -0.4 is 15.8 Å². The van der Waals surface area contributed by atoms with Crippen LogP contribution in [0.5, 0.6) is 5.75 Å². The van der Waals surface area contributed by atoms with Crippen LogP contribution in [-0.2, 0) is 9.84 Å². The van der Waals surface area contributed by atoms with Crippen LogP contribution in [-0.4, -0.2) is 52.3 Å². The summed E-state index contributed by atoms with van der Waals surface area (Å²) < 4.78 is 44.2. The maximum Gasteiger partial charge on any atom is 0.162 e. The zero-order chi connectivity index (χ0) is 23.6. The molecule has 0 saturated heterocycles. The highest BCUT2D eigenvalue weighted by Gasteiger charge is 2.35. The Kier molecular flexibility index (Phi) is 6.36. The maximum atomic E-state index is 14.5. The lowest BCUT2D eigenvalue weighted by molar-refractivity contribution is 0.413. The van der Waals surface area contributed by atoms with Gasteiger partial charge in [0, 0.05) is 11.6 Å². The van der Waals surface area contributed by atoms with Crippen molar-refractivity contribution in [1.82, 2.24) is 19.9 Å². The van der Waals surface area contributed by atoms with Crippen molar-refractivity contribution >= 4 is 38.3 Å². The number of nitrogens with one attached hydrogen (secondary N) is 1. The summed E-state index contributed by atoms with van der Waals surface area (Å²) in [6, 6.07) is 2.13. The summed E-state index contributed by atoms with van der Waals surface area (Å²) in [4.78, 5) is 20.8. The molecule has 2 atom stereocenters. The molecular weight excluding hydrogens is 449 g/mol. The normalized spacial score (nSPS) is 20.9. The first-order valence-corrected chi connectivity index (χ1v) is 12.1. The fourth-order valence-electron chi connectivity index (χ4n) is 3.06. The highest BCUT2D eigenvalue weighted by Crippen LogP contribution is 2.30. The molecule has 174 valence electrons. The van der Waals surface area contributed by atoms with Gasteiger partial charge in [0.25, 0.3) is 0 Å². The molecule has 2 unspecified atom stereocenters. The average molecular weight is 474 g/mol. The van der Waals surface area contributed by atoms with Crippen molar-refractivity contribution < 1.29 is 17.5 Å². The smallest absolute Gasteiger partial charge is 0.162 e. The van der Waals surface area contributed by atoms with E-state index in [1.165, 1.54) is 51.9 Å². The van der Waals surface area contributed by atoms with Crippen molar-refractivity contribution in [3.8, 4) is 5.75 Å². The number of rotatable bonds is 4. The molecule has 12 heteroatoms. The minimum Gasteiger partial charge on any atom is -0.495 e. The van der Waals surface area contributed by atoms with Crippen LogP contribution in [0, 0.1) is 5.82 Å². The number of nitrogens with two attached hydrogens (primary N) is 1. The number of fused-ring (bicyclic) bond motifs is 1. The van der Waals surface area contributed by atoms with E-state index in [9.17, 15) is 12.8 Å². The monoisotopic (exact) mass is 473 g/mol. The Morgan fingerprint density at radius 3 is 2.55 bits per heavy atom. The van der Waals surface area contributed by atoms with Crippen molar-refractivity contribution in [3.05, 3.63) is 42.2 Å². The van der Waals surface area contributed by atoms with Crippen molar-refractivity contribution in [2.75, 3.05) is 18.2 Å². The van der Waals surface area contributed by atoms with Crippen LogP contribution in [0.3, 0.4) is 0 Å². The van der Waals surface area contributed by atoms with Crippen LogP contribution in [0.1, 0.15) is 37.8 Å². The number of hydrogen-bond donors (Lipinski definition) is 2. The number of pyridine rings is 2. The standard InChI is InChI=1S/C18H18FN7O3S.C3H6/c1-9-17(20)25-14(7-30(9,27)28)11-4-15(21-6-12(11)19)26-18-16-13(23-8-24-18)3-10(29-2)5-22-16;1-2-3-1/h3-6,8-9,14H,7H2,1-2H3,(H2,20,25)(H,21,23,24,26);1-3H2. The zero-order valence-corrected chi connectivity index (χ0v) is 19.0. The molecular formula is C21H24FN7O3S. The fourth-order valence-corrected chi connectivity index (χ4v) is 4.47. The quantitative estimate of drug-likeness (QED) is 0.584. The Morgan fingerprint density at radius 2 is 1.88 bits per heavy atom. The SMILES string of the molecule is C1CC1.COc1cnc2c(Nc3cc(C4CS(=O)(=O)C(C)C(N)=N4)c(F)cn3)ncnc2c1. The first kappa shape index (κ1) is 22.8. The lowest BCUT2D eigenvalue weighted by Crippen LogP contribution is -2.40. The Balaban J connectivity index is 0.000000799. The van der Waals surface area contributed by atoms with E-state index in [2.05, 4.69) is 30.2 Å². The minimum absolute atomic E-state index is 0.0445. The molecule has 3 N–H and O–H groups in total. The third-order valence-corrected chi connectivity index (χ3v) is 7.28. The molecule has 0 aromatic carbocycles. The molecule has 3 aromatic heterocycles. The highest BCUT2D eigenvalue weighted by atomic mass is 32.2. The molecule has 5 rings (SSSR count). The molecule has 4 heterocycles. The van der Waals surface area contributed by atoms with Crippen molar-refractivity contribution in [3.63, 3.8) is 0 Å². The summed E-state index contributed by atoms with van der Waals surface area (Å²) in [7, 11) is -2.02. The van der Waals surface area contributed by atoms with Gasteiger partial charge in [-0.15, -0.1) is 0 Å². The Morgan fingerprint density at radius 1 is 1.12 bits per heavy atom. The van der Waals surface area contributed by atoms with Gasteiger partial charge in [-0.25, -0.2) is 32.7 Å². The van der Waals surface area contributed by atoms with Gasteiger partial charge in [-0.05, 0) is 13.0 Å². The zero-order valence-electron chi connectivity index (χ0n) is 18.2. The van der Waals surface area contributed by atoms with E-state index >= 15 is 0 Å². The van der Waals surface area contributed by atoms with Gasteiger partial charge < -0.3 is 15.8 Å². The van der Waals surface area contributed by atoms with Gasteiger partial charge in [0.1, 0.15) is 40.3 Å². The largest absolute Gasteiger partial charge is 0.495 e. The number of halogens is 1. The molecule has 3 aromatic rings. The number of nitrogens with zero attached hydrogens (tertiary/aromatic N) is 5. The van der Waals surface area contributed by atoms with E-state index in [1.54, 1.807) is 6.07 Å². The van der Waals surface area contributed by atoms with E-state index in [-0.39, 0.29) is 23.0 Å². The summed E-state index contributed by atoms with van der Waals surface area (Å²) in [6.45, 7) is 1.46. The first-order valence-electron chi connectivity index (χ1n) is 10.4. The van der Waals surface area contributed by atoms with Gasteiger partial charge in [0.15, 0.2) is 15.7 Å². The van der Waals surface area contributed by atoms with Gasteiger partial charge in [0.2, 0.25) is 0 Å². The van der Waals surface area contributed by atoms with E-state index < -0.39 is 26.9 Å². The van der Waals surface area contributed by atoms with Crippen LogP contribution >= 0.6 is 0 Å². The van der Waals surface area contributed by atoms with Crippen LogP contribution in [0.15, 0.2) is 35.8 Å². The molecule has 1 saturated carbocycles. The number of hydrogen-bond acceptors (Lipinski definition) is 10. The molecule has 1 aliphatic carbocycles. The van der Waals surface area contributed by atoms with E-state index in [0.29, 0.717) is 22.6 Å². The second kappa shape index (κ2) is 9.22. The van der Waals surface area contributed by atoms with Gasteiger partial charge in [-0.2, -0.15) is 0 Å². The van der Waals surface area contributed by atoms with Crippen LogP contribution in [0.4, 0.5) is 16.0 Å². The number of sulfone groups is 1. The lowest BCUT2D eigenvalue weighted by Gasteiger charge is -2.24. The summed E-state index contributed by atoms with van der Waals surface area (Å²) in [5, 5.41) is 2.07. The summed E-state index contributed by atoms with van der Waals surface area (Å²) in [5.74, 6) is 0.0682. The van der Waals surface area contributed by atoms with Gasteiger partial charge in [-0.3, -0.25) is 4.99 Å². The number of amidine groups is 1. The number of aliphatic imine (C=N–C) groups is 1. The van der Waals surface area contributed by atoms with Crippen LogP contribution in [0.25, 0.3) is 11.0 Å². The topological polar surface area (TPSA) is 145 Å². The molecule has 0 spiro atoms. The molecule has 0 amide bonds. The van der Waals surface area contributed by atoms with Crippen molar-refractivity contribution in [2.24, 2.45) is 10.7 Å². The number of anilines is 2. The maximum absolute atomic E-state index is 14.5. The first-order chi connectivity index (χ1) is 15.8. The highest BCUT2D eigenvalue weighted by molar-refractivity contribution is 7.92. The van der Waals surface area contributed by atoms with Crippen LogP contribution in [0.2, 0.25) is 0 Å². The van der Waals surface area contributed by atoms with Gasteiger partial charge in [0.05, 0.1) is 36.8 Å². The average Bonchev–Trinajstić information content (AvgIpc) is 3.68. The molecule has 1 aliphatic heterocycles. The number of aromatic nitrogens is 4. The summed E-state index contributed by atoms with van der Waals surface area (Å²) in [5.41, 5.74) is 6.83. The molecule has 0 bridgehead atoms. The molecule has 1 fully saturated rings. The lowest BCUT2D eigenvalue weighted by atomic mass is 10.1. The fraction of sp³-hybridized carbons (Fsp3) is 0.381. The summed E-state index contributed by atoms with van der Waals surface area (Å²) in [6.07, 6.45) is 8.36. The third-order valence-electron chi connectivity index (χ3n) is 5.18. The predicted octanol–water partition coefficient (Wildman–Crippen LogP) is 2.70. The number of methoxy groups -OCH3 is 1. The van der Waals surface area contributed by atoms with E-state index in [4.69, 9.17) is 10.5 Å². The molecule has 33 heavy (non-hydrogen) atoms. The van der Waals surface area contributed by atoms with Crippen molar-refractivity contribution in [2.45, 2.75) is 37.5 Å². The Bertz CT molecular complexity index is 1310. The van der Waals surface area contributed by atoms with E-state index in [0.717, 1.165) is 6.20 Å². The second-order valence-corrected chi connectivity index (χ2v) is 10.1. The molecule has 0 radical (unpaired) electrons. The molecule has 10 nitrogen and oxygen atoms in total. The van der Waals surface area contributed by atoms with Crippen molar-refractivity contribution in [1.29, 1.82) is 0 Å². The number of ether oxygens (including phenoxy) is 1.